The molecule has 1 aliphatic rings. The first-order chi connectivity index (χ1) is 8.19. The van der Waals surface area contributed by atoms with E-state index in [1.807, 2.05) is 0 Å². The molecule has 2 rings (SSSR count). The predicted molar refractivity (Wildman–Crippen MR) is 61.6 cm³/mol. The standard InChI is InChI=1S/C13H17F2NO/c1-17-13-4-2-3-12(13)16-8-9-5-10(14)7-11(15)6-9/h5-7,12-13,16H,2-4,8H2,1H3. The summed E-state index contributed by atoms with van der Waals surface area (Å²) in [6.07, 6.45) is 3.45. The highest BCUT2D eigenvalue weighted by Gasteiger charge is 2.26. The van der Waals surface area contributed by atoms with Crippen LogP contribution in [0.4, 0.5) is 8.78 Å². The summed E-state index contributed by atoms with van der Waals surface area (Å²) in [7, 11) is 1.70. The molecule has 2 unspecified atom stereocenters. The van der Waals surface area contributed by atoms with Crippen LogP contribution >= 0.6 is 0 Å². The van der Waals surface area contributed by atoms with Crippen molar-refractivity contribution in [3.05, 3.63) is 35.4 Å². The first-order valence-electron chi connectivity index (χ1n) is 5.90. The Balaban J connectivity index is 1.93. The number of hydrogen-bond acceptors (Lipinski definition) is 2. The Morgan fingerprint density at radius 1 is 1.24 bits per heavy atom. The van der Waals surface area contributed by atoms with Crippen molar-refractivity contribution in [1.29, 1.82) is 0 Å². The largest absolute Gasteiger partial charge is 0.380 e. The molecule has 2 nitrogen and oxygen atoms in total. The Bertz CT molecular complexity index is 363. The second-order valence-electron chi connectivity index (χ2n) is 4.47. The molecule has 1 aromatic rings. The normalized spacial score (nSPS) is 24.2. The fourth-order valence-electron chi connectivity index (χ4n) is 2.40. The van der Waals surface area contributed by atoms with Crippen molar-refractivity contribution < 1.29 is 13.5 Å². The molecule has 0 heterocycles. The lowest BCUT2D eigenvalue weighted by Crippen LogP contribution is -2.36. The topological polar surface area (TPSA) is 21.3 Å². The van der Waals surface area contributed by atoms with Crippen molar-refractivity contribution >= 4 is 0 Å². The monoisotopic (exact) mass is 241 g/mol. The number of ether oxygens (including phenoxy) is 1. The zero-order valence-electron chi connectivity index (χ0n) is 9.88. The van der Waals surface area contributed by atoms with Crippen LogP contribution in [0, 0.1) is 11.6 Å². The molecule has 4 heteroatoms. The van der Waals surface area contributed by atoms with Crippen molar-refractivity contribution in [2.75, 3.05) is 7.11 Å². The average Bonchev–Trinajstić information content (AvgIpc) is 2.72. The Morgan fingerprint density at radius 3 is 2.59 bits per heavy atom. The van der Waals surface area contributed by atoms with E-state index in [1.54, 1.807) is 7.11 Å². The highest BCUT2D eigenvalue weighted by molar-refractivity contribution is 5.17. The van der Waals surface area contributed by atoms with Gasteiger partial charge in [0.25, 0.3) is 0 Å². The summed E-state index contributed by atoms with van der Waals surface area (Å²) in [4.78, 5) is 0. The fourth-order valence-corrected chi connectivity index (χ4v) is 2.40. The first kappa shape index (κ1) is 12.5. The lowest BCUT2D eigenvalue weighted by Gasteiger charge is -2.19. The summed E-state index contributed by atoms with van der Waals surface area (Å²) in [5.74, 6) is -1.06. The summed E-state index contributed by atoms with van der Waals surface area (Å²) in [6, 6.07) is 3.88. The summed E-state index contributed by atoms with van der Waals surface area (Å²) in [6.45, 7) is 0.471. The lowest BCUT2D eigenvalue weighted by atomic mass is 10.1. The van der Waals surface area contributed by atoms with Crippen LogP contribution < -0.4 is 5.32 Å². The van der Waals surface area contributed by atoms with Crippen LogP contribution in [0.15, 0.2) is 18.2 Å². The number of hydrogen-bond donors (Lipinski definition) is 1. The lowest BCUT2D eigenvalue weighted by molar-refractivity contribution is 0.0847. The van der Waals surface area contributed by atoms with Gasteiger partial charge in [-0.15, -0.1) is 0 Å². The molecule has 1 aromatic carbocycles. The third kappa shape index (κ3) is 3.23. The van der Waals surface area contributed by atoms with Crippen LogP contribution in [0.2, 0.25) is 0 Å². The second-order valence-corrected chi connectivity index (χ2v) is 4.47. The quantitative estimate of drug-likeness (QED) is 0.875. The minimum absolute atomic E-state index is 0.216. The smallest absolute Gasteiger partial charge is 0.126 e. The van der Waals surface area contributed by atoms with Gasteiger partial charge >= 0.3 is 0 Å². The first-order valence-corrected chi connectivity index (χ1v) is 5.90. The van der Waals surface area contributed by atoms with Crippen molar-refractivity contribution in [2.45, 2.75) is 38.0 Å². The van der Waals surface area contributed by atoms with Gasteiger partial charge in [0.1, 0.15) is 11.6 Å². The molecule has 1 fully saturated rings. The average molecular weight is 241 g/mol. The molecule has 0 bridgehead atoms. The molecular weight excluding hydrogens is 224 g/mol. The molecule has 0 amide bonds. The van der Waals surface area contributed by atoms with Crippen LogP contribution in [-0.4, -0.2) is 19.3 Å². The fraction of sp³-hybridized carbons (Fsp3) is 0.538. The van der Waals surface area contributed by atoms with E-state index < -0.39 is 11.6 Å². The highest BCUT2D eigenvalue weighted by atomic mass is 19.1. The molecule has 0 aromatic heterocycles. The minimum atomic E-state index is -0.531. The van der Waals surface area contributed by atoms with E-state index in [9.17, 15) is 8.78 Å². The zero-order valence-corrected chi connectivity index (χ0v) is 9.88. The molecular formula is C13H17F2NO. The highest BCUT2D eigenvalue weighted by Crippen LogP contribution is 2.22. The number of halogens is 2. The second kappa shape index (κ2) is 5.56. The van der Waals surface area contributed by atoms with Gasteiger partial charge in [-0.1, -0.05) is 0 Å². The van der Waals surface area contributed by atoms with Gasteiger partial charge in [0.05, 0.1) is 6.10 Å². The molecule has 0 aliphatic heterocycles. The van der Waals surface area contributed by atoms with E-state index in [0.29, 0.717) is 12.1 Å². The van der Waals surface area contributed by atoms with Gasteiger partial charge in [-0.05, 0) is 37.0 Å². The van der Waals surface area contributed by atoms with E-state index in [4.69, 9.17) is 4.74 Å². The number of benzene rings is 1. The van der Waals surface area contributed by atoms with Crippen LogP contribution in [0.5, 0.6) is 0 Å². The SMILES string of the molecule is COC1CCCC1NCc1cc(F)cc(F)c1. The molecule has 17 heavy (non-hydrogen) atoms. The van der Waals surface area contributed by atoms with Gasteiger partial charge in [0.15, 0.2) is 0 Å². The van der Waals surface area contributed by atoms with Gasteiger partial charge in [-0.3, -0.25) is 0 Å². The molecule has 2 atom stereocenters. The molecule has 0 radical (unpaired) electrons. The third-order valence-electron chi connectivity index (χ3n) is 3.25. The van der Waals surface area contributed by atoms with Gasteiger partial charge in [0.2, 0.25) is 0 Å². The maximum absolute atomic E-state index is 13.0. The van der Waals surface area contributed by atoms with E-state index in [1.165, 1.54) is 12.1 Å². The molecule has 0 saturated heterocycles. The van der Waals surface area contributed by atoms with Gasteiger partial charge < -0.3 is 10.1 Å². The number of methoxy groups -OCH3 is 1. The van der Waals surface area contributed by atoms with Crippen LogP contribution in [0.25, 0.3) is 0 Å². The van der Waals surface area contributed by atoms with Crippen molar-refractivity contribution in [3.8, 4) is 0 Å². The number of rotatable bonds is 4. The van der Waals surface area contributed by atoms with Gasteiger partial charge in [0, 0.05) is 25.8 Å². The molecule has 0 spiro atoms. The van der Waals surface area contributed by atoms with E-state index in [-0.39, 0.29) is 12.1 Å². The predicted octanol–water partition coefficient (Wildman–Crippen LogP) is 2.62. The van der Waals surface area contributed by atoms with Crippen LogP contribution in [0.1, 0.15) is 24.8 Å². The minimum Gasteiger partial charge on any atom is -0.380 e. The van der Waals surface area contributed by atoms with E-state index in [2.05, 4.69) is 5.32 Å². The molecule has 1 N–H and O–H groups in total. The molecule has 1 saturated carbocycles. The Morgan fingerprint density at radius 2 is 1.94 bits per heavy atom. The van der Waals surface area contributed by atoms with Crippen LogP contribution in [0.3, 0.4) is 0 Å². The number of nitrogens with one attached hydrogen (secondary N) is 1. The Labute approximate surface area is 100.0 Å². The maximum atomic E-state index is 13.0. The maximum Gasteiger partial charge on any atom is 0.126 e. The van der Waals surface area contributed by atoms with Crippen molar-refractivity contribution in [2.24, 2.45) is 0 Å². The zero-order chi connectivity index (χ0) is 12.3. The summed E-state index contributed by atoms with van der Waals surface area (Å²) >= 11 is 0. The third-order valence-corrected chi connectivity index (χ3v) is 3.25. The summed E-state index contributed by atoms with van der Waals surface area (Å²) in [5, 5.41) is 3.30. The van der Waals surface area contributed by atoms with Crippen molar-refractivity contribution in [1.82, 2.24) is 5.32 Å². The van der Waals surface area contributed by atoms with E-state index >= 15 is 0 Å². The van der Waals surface area contributed by atoms with Crippen LogP contribution in [-0.2, 0) is 11.3 Å². The van der Waals surface area contributed by atoms with Gasteiger partial charge in [-0.2, -0.15) is 0 Å². The molecule has 1 aliphatic carbocycles. The Hall–Kier alpha value is -1.00. The Kier molecular flexibility index (Phi) is 4.07. The van der Waals surface area contributed by atoms with Crippen molar-refractivity contribution in [3.63, 3.8) is 0 Å². The molecule has 94 valence electrons. The van der Waals surface area contributed by atoms with E-state index in [0.717, 1.165) is 25.3 Å². The summed E-state index contributed by atoms with van der Waals surface area (Å²) in [5.41, 5.74) is 0.629. The van der Waals surface area contributed by atoms with Gasteiger partial charge in [-0.25, -0.2) is 8.78 Å². The summed E-state index contributed by atoms with van der Waals surface area (Å²) < 4.78 is 31.3.